The number of hydrogen-bond donors (Lipinski definition) is 1. The summed E-state index contributed by atoms with van der Waals surface area (Å²) < 4.78 is 4.83. The van der Waals surface area contributed by atoms with Gasteiger partial charge in [0, 0.05) is 17.7 Å². The number of nitrogens with zero attached hydrogens (tertiary/aromatic N) is 2. The number of hydrogen-bond acceptors (Lipinski definition) is 5. The van der Waals surface area contributed by atoms with Crippen molar-refractivity contribution in [3.05, 3.63) is 50.7 Å². The highest BCUT2D eigenvalue weighted by molar-refractivity contribution is 6.33. The second kappa shape index (κ2) is 5.07. The molecular formula is C11H8ClN3O4. The summed E-state index contributed by atoms with van der Waals surface area (Å²) in [7, 11) is 0. The van der Waals surface area contributed by atoms with E-state index < -0.39 is 10.8 Å². The zero-order valence-electron chi connectivity index (χ0n) is 9.71. The van der Waals surface area contributed by atoms with Gasteiger partial charge >= 0.3 is 0 Å². The monoisotopic (exact) mass is 281 g/mol. The maximum atomic E-state index is 11.8. The van der Waals surface area contributed by atoms with Crippen molar-refractivity contribution in [3.8, 4) is 0 Å². The molecule has 1 aromatic carbocycles. The van der Waals surface area contributed by atoms with E-state index in [-0.39, 0.29) is 22.2 Å². The van der Waals surface area contributed by atoms with Crippen LogP contribution in [0, 0.1) is 17.0 Å². The number of nitro benzene ring substituents is 1. The number of benzene rings is 1. The molecule has 19 heavy (non-hydrogen) atoms. The van der Waals surface area contributed by atoms with E-state index in [0.717, 1.165) is 0 Å². The lowest BCUT2D eigenvalue weighted by atomic mass is 10.2. The number of nitrogens with one attached hydrogen (secondary N) is 1. The molecule has 0 spiro atoms. The fourth-order valence-electron chi connectivity index (χ4n) is 1.40. The van der Waals surface area contributed by atoms with E-state index >= 15 is 0 Å². The Morgan fingerprint density at radius 1 is 1.47 bits per heavy atom. The first-order chi connectivity index (χ1) is 8.97. The number of nitro groups is 1. The first-order valence-electron chi connectivity index (χ1n) is 5.16. The summed E-state index contributed by atoms with van der Waals surface area (Å²) in [5.74, 6) is -0.301. The molecule has 0 aliphatic rings. The lowest BCUT2D eigenvalue weighted by Crippen LogP contribution is -2.11. The van der Waals surface area contributed by atoms with E-state index in [1.165, 1.54) is 18.2 Å². The number of anilines is 1. The van der Waals surface area contributed by atoms with Crippen LogP contribution in [0.5, 0.6) is 0 Å². The second-order valence-corrected chi connectivity index (χ2v) is 4.12. The average molecular weight is 282 g/mol. The van der Waals surface area contributed by atoms with Crippen LogP contribution >= 0.6 is 11.6 Å². The van der Waals surface area contributed by atoms with Gasteiger partial charge in [-0.25, -0.2) is 0 Å². The number of carbonyl (C=O) groups is 1. The average Bonchev–Trinajstić information content (AvgIpc) is 2.74. The molecule has 1 amide bonds. The summed E-state index contributed by atoms with van der Waals surface area (Å²) in [6.45, 7) is 1.71. The molecule has 0 fully saturated rings. The normalized spacial score (nSPS) is 10.2. The smallest absolute Gasteiger partial charge is 0.287 e. The molecule has 0 saturated carbocycles. The standard InChI is InChI=1S/C11H8ClN3O4/c1-6-4-10(19-14-6)13-11(16)7-2-3-9(15(17)18)8(12)5-7/h2-5H,1H3,(H,13,16). The Balaban J connectivity index is 2.20. The van der Waals surface area contributed by atoms with Crippen molar-refractivity contribution in [3.63, 3.8) is 0 Å². The largest absolute Gasteiger partial charge is 0.338 e. The van der Waals surface area contributed by atoms with Crippen LogP contribution in [-0.4, -0.2) is 16.0 Å². The Labute approximate surface area is 112 Å². The van der Waals surface area contributed by atoms with Crippen LogP contribution in [0.15, 0.2) is 28.8 Å². The zero-order valence-corrected chi connectivity index (χ0v) is 10.5. The van der Waals surface area contributed by atoms with Crippen LogP contribution in [0.1, 0.15) is 16.1 Å². The van der Waals surface area contributed by atoms with E-state index in [9.17, 15) is 14.9 Å². The predicted octanol–water partition coefficient (Wildman–Crippen LogP) is 2.80. The third-order valence-electron chi connectivity index (χ3n) is 2.27. The second-order valence-electron chi connectivity index (χ2n) is 3.71. The summed E-state index contributed by atoms with van der Waals surface area (Å²) >= 11 is 5.72. The molecule has 0 saturated heterocycles. The molecule has 98 valence electrons. The van der Waals surface area contributed by atoms with Gasteiger partial charge in [-0.15, -0.1) is 0 Å². The molecule has 0 aliphatic carbocycles. The molecule has 0 radical (unpaired) electrons. The zero-order chi connectivity index (χ0) is 14.0. The van der Waals surface area contributed by atoms with Crippen molar-refractivity contribution in [2.45, 2.75) is 6.92 Å². The number of carbonyl (C=O) groups excluding carboxylic acids is 1. The van der Waals surface area contributed by atoms with E-state index in [0.29, 0.717) is 5.69 Å². The van der Waals surface area contributed by atoms with Crippen LogP contribution in [0.25, 0.3) is 0 Å². The fraction of sp³-hybridized carbons (Fsp3) is 0.0909. The fourth-order valence-corrected chi connectivity index (χ4v) is 1.65. The quantitative estimate of drug-likeness (QED) is 0.689. The molecule has 8 heteroatoms. The molecule has 0 unspecified atom stereocenters. The number of aromatic nitrogens is 1. The highest BCUT2D eigenvalue weighted by atomic mass is 35.5. The minimum atomic E-state index is -0.621. The highest BCUT2D eigenvalue weighted by Crippen LogP contribution is 2.25. The molecule has 0 aliphatic heterocycles. The van der Waals surface area contributed by atoms with Gasteiger partial charge in [-0.1, -0.05) is 16.8 Å². The number of halogens is 1. The van der Waals surface area contributed by atoms with Gasteiger partial charge in [0.1, 0.15) is 5.02 Å². The lowest BCUT2D eigenvalue weighted by Gasteiger charge is -2.02. The maximum Gasteiger partial charge on any atom is 0.287 e. The van der Waals surface area contributed by atoms with Gasteiger partial charge in [-0.3, -0.25) is 20.2 Å². The van der Waals surface area contributed by atoms with E-state index in [4.69, 9.17) is 16.1 Å². The topological polar surface area (TPSA) is 98.3 Å². The molecule has 7 nitrogen and oxygen atoms in total. The highest BCUT2D eigenvalue weighted by Gasteiger charge is 2.16. The molecule has 0 bridgehead atoms. The van der Waals surface area contributed by atoms with Crippen LogP contribution < -0.4 is 5.32 Å². The van der Waals surface area contributed by atoms with Gasteiger partial charge in [0.05, 0.1) is 10.6 Å². The van der Waals surface area contributed by atoms with Gasteiger partial charge in [0.2, 0.25) is 5.88 Å². The van der Waals surface area contributed by atoms with Gasteiger partial charge in [0.25, 0.3) is 11.6 Å². The minimum Gasteiger partial charge on any atom is -0.338 e. The summed E-state index contributed by atoms with van der Waals surface area (Å²) in [6, 6.07) is 5.24. The summed E-state index contributed by atoms with van der Waals surface area (Å²) in [5.41, 5.74) is 0.551. The van der Waals surface area contributed by atoms with Crippen molar-refractivity contribution in [2.24, 2.45) is 0 Å². The van der Waals surface area contributed by atoms with Gasteiger partial charge in [-0.05, 0) is 19.1 Å². The number of aryl methyl sites for hydroxylation is 1. The van der Waals surface area contributed by atoms with Crippen molar-refractivity contribution in [2.75, 3.05) is 5.32 Å². The first-order valence-corrected chi connectivity index (χ1v) is 5.54. The Hall–Kier alpha value is -2.41. The Bertz CT molecular complexity index is 653. The third kappa shape index (κ3) is 2.89. The van der Waals surface area contributed by atoms with Crippen molar-refractivity contribution in [1.82, 2.24) is 5.16 Å². The lowest BCUT2D eigenvalue weighted by molar-refractivity contribution is -0.384. The molecule has 1 aromatic heterocycles. The van der Waals surface area contributed by atoms with Crippen molar-refractivity contribution in [1.29, 1.82) is 0 Å². The SMILES string of the molecule is Cc1cc(NC(=O)c2ccc([N+](=O)[O-])c(Cl)c2)on1. The molecule has 0 atom stereocenters. The first kappa shape index (κ1) is 13.0. The van der Waals surface area contributed by atoms with E-state index in [1.54, 1.807) is 13.0 Å². The Morgan fingerprint density at radius 3 is 2.74 bits per heavy atom. The predicted molar refractivity (Wildman–Crippen MR) is 67.3 cm³/mol. The molecule has 2 rings (SSSR count). The van der Waals surface area contributed by atoms with Gasteiger partial charge in [0.15, 0.2) is 0 Å². The summed E-state index contributed by atoms with van der Waals surface area (Å²) in [5, 5.41) is 16.6. The van der Waals surface area contributed by atoms with E-state index in [2.05, 4.69) is 10.5 Å². The van der Waals surface area contributed by atoms with Crippen molar-refractivity contribution >= 4 is 29.1 Å². The maximum absolute atomic E-state index is 11.8. The molecule has 1 N–H and O–H groups in total. The van der Waals surface area contributed by atoms with Crippen LogP contribution in [0.3, 0.4) is 0 Å². The Morgan fingerprint density at radius 2 is 2.21 bits per heavy atom. The molecule has 1 heterocycles. The number of amides is 1. The summed E-state index contributed by atoms with van der Waals surface area (Å²) in [4.78, 5) is 21.8. The van der Waals surface area contributed by atoms with Crippen LogP contribution in [0.2, 0.25) is 5.02 Å². The van der Waals surface area contributed by atoms with Crippen LogP contribution in [0.4, 0.5) is 11.6 Å². The van der Waals surface area contributed by atoms with Crippen LogP contribution in [-0.2, 0) is 0 Å². The number of rotatable bonds is 3. The molecule has 2 aromatic rings. The summed E-state index contributed by atoms with van der Waals surface area (Å²) in [6.07, 6.45) is 0. The minimum absolute atomic E-state index is 0.105. The molecular weight excluding hydrogens is 274 g/mol. The van der Waals surface area contributed by atoms with E-state index in [1.807, 2.05) is 0 Å². The van der Waals surface area contributed by atoms with Gasteiger partial charge in [-0.2, -0.15) is 0 Å². The Kier molecular flexibility index (Phi) is 3.48. The van der Waals surface area contributed by atoms with Crippen molar-refractivity contribution < 1.29 is 14.2 Å². The third-order valence-corrected chi connectivity index (χ3v) is 2.57. The van der Waals surface area contributed by atoms with Gasteiger partial charge < -0.3 is 4.52 Å².